The Morgan fingerprint density at radius 2 is 2.05 bits per heavy atom. The first-order valence-corrected chi connectivity index (χ1v) is 6.85. The largest absolute Gasteiger partial charge is 0.497 e. The molecule has 0 spiro atoms. The van der Waals surface area contributed by atoms with Crippen LogP contribution in [0.1, 0.15) is 11.9 Å². The fourth-order valence-corrected chi connectivity index (χ4v) is 2.41. The normalized spacial score (nSPS) is 10.2. The maximum Gasteiger partial charge on any atom is 0.312 e. The van der Waals surface area contributed by atoms with Gasteiger partial charge in [0.2, 0.25) is 0 Å². The summed E-state index contributed by atoms with van der Waals surface area (Å²) in [5, 5.41) is 2.71. The lowest BCUT2D eigenvalue weighted by Gasteiger charge is -2.00. The van der Waals surface area contributed by atoms with E-state index in [2.05, 4.69) is 4.98 Å². The topological polar surface area (TPSA) is 48.4 Å². The number of rotatable bonds is 5. The molecule has 4 nitrogen and oxygen atoms in total. The number of esters is 1. The first kappa shape index (κ1) is 13.5. The van der Waals surface area contributed by atoms with Crippen LogP contribution in [0.2, 0.25) is 0 Å². The van der Waals surface area contributed by atoms with Gasteiger partial charge < -0.3 is 9.47 Å². The van der Waals surface area contributed by atoms with Gasteiger partial charge in [0.1, 0.15) is 10.8 Å². The van der Waals surface area contributed by atoms with Crippen LogP contribution in [-0.4, -0.2) is 24.7 Å². The average Bonchev–Trinajstić information content (AvgIpc) is 2.87. The lowest BCUT2D eigenvalue weighted by molar-refractivity contribution is -0.142. The van der Waals surface area contributed by atoms with Crippen molar-refractivity contribution in [2.75, 3.05) is 13.7 Å². The number of benzene rings is 1. The Kier molecular flexibility index (Phi) is 4.52. The van der Waals surface area contributed by atoms with Crippen molar-refractivity contribution in [3.8, 4) is 17.0 Å². The fraction of sp³-hybridized carbons (Fsp3) is 0.286. The van der Waals surface area contributed by atoms with Gasteiger partial charge in [-0.05, 0) is 31.2 Å². The Morgan fingerprint density at radius 3 is 2.68 bits per heavy atom. The lowest BCUT2D eigenvalue weighted by Crippen LogP contribution is -2.07. The van der Waals surface area contributed by atoms with Gasteiger partial charge in [-0.1, -0.05) is 0 Å². The summed E-state index contributed by atoms with van der Waals surface area (Å²) in [6.45, 7) is 2.19. The molecule has 19 heavy (non-hydrogen) atoms. The van der Waals surface area contributed by atoms with E-state index in [9.17, 15) is 4.79 Å². The molecule has 0 unspecified atom stereocenters. The Morgan fingerprint density at radius 1 is 1.32 bits per heavy atom. The van der Waals surface area contributed by atoms with E-state index in [0.29, 0.717) is 6.61 Å². The number of thiazole rings is 1. The highest BCUT2D eigenvalue weighted by atomic mass is 32.1. The Balaban J connectivity index is 2.09. The predicted octanol–water partition coefficient (Wildman–Crippen LogP) is 2.92. The number of aromatic nitrogens is 1. The molecule has 0 saturated carbocycles. The maximum absolute atomic E-state index is 11.4. The summed E-state index contributed by atoms with van der Waals surface area (Å²) in [5.41, 5.74) is 1.87. The molecular weight excluding hydrogens is 262 g/mol. The Hall–Kier alpha value is -1.88. The number of methoxy groups -OCH3 is 1. The van der Waals surface area contributed by atoms with Gasteiger partial charge in [0.25, 0.3) is 0 Å². The van der Waals surface area contributed by atoms with E-state index in [-0.39, 0.29) is 12.4 Å². The summed E-state index contributed by atoms with van der Waals surface area (Å²) in [7, 11) is 1.63. The van der Waals surface area contributed by atoms with E-state index >= 15 is 0 Å². The van der Waals surface area contributed by atoms with E-state index in [1.54, 1.807) is 14.0 Å². The maximum atomic E-state index is 11.4. The van der Waals surface area contributed by atoms with Crippen molar-refractivity contribution in [3.63, 3.8) is 0 Å². The minimum absolute atomic E-state index is 0.231. The fourth-order valence-electron chi connectivity index (χ4n) is 1.62. The molecule has 1 heterocycles. The molecule has 0 atom stereocenters. The standard InChI is InChI=1S/C14H15NO3S/c1-3-18-14(16)8-13-15-12(9-19-13)10-4-6-11(17-2)7-5-10/h4-7,9H,3,8H2,1-2H3. The van der Waals surface area contributed by atoms with Crippen LogP contribution in [0.25, 0.3) is 11.3 Å². The van der Waals surface area contributed by atoms with Gasteiger partial charge in [0.15, 0.2) is 0 Å². The summed E-state index contributed by atoms with van der Waals surface area (Å²) in [5.74, 6) is 0.573. The molecule has 100 valence electrons. The number of carbonyl (C=O) groups excluding carboxylic acids is 1. The molecule has 1 aromatic heterocycles. The summed E-state index contributed by atoms with van der Waals surface area (Å²) < 4.78 is 10.0. The zero-order valence-corrected chi connectivity index (χ0v) is 11.7. The van der Waals surface area contributed by atoms with Gasteiger partial charge >= 0.3 is 5.97 Å². The lowest BCUT2D eigenvalue weighted by atomic mass is 10.2. The smallest absolute Gasteiger partial charge is 0.312 e. The Labute approximate surface area is 116 Å². The second kappa shape index (κ2) is 6.33. The highest BCUT2D eigenvalue weighted by molar-refractivity contribution is 7.10. The van der Waals surface area contributed by atoms with Crippen LogP contribution in [0.15, 0.2) is 29.6 Å². The third kappa shape index (κ3) is 3.54. The number of hydrogen-bond donors (Lipinski definition) is 0. The number of carbonyl (C=O) groups is 1. The van der Waals surface area contributed by atoms with Crippen LogP contribution in [0.3, 0.4) is 0 Å². The van der Waals surface area contributed by atoms with E-state index < -0.39 is 0 Å². The van der Waals surface area contributed by atoms with E-state index in [4.69, 9.17) is 9.47 Å². The van der Waals surface area contributed by atoms with Gasteiger partial charge in [0, 0.05) is 10.9 Å². The molecular formula is C14H15NO3S. The zero-order chi connectivity index (χ0) is 13.7. The SMILES string of the molecule is CCOC(=O)Cc1nc(-c2ccc(OC)cc2)cs1. The molecule has 2 aromatic rings. The van der Waals surface area contributed by atoms with Crippen molar-refractivity contribution in [2.45, 2.75) is 13.3 Å². The molecule has 0 amide bonds. The van der Waals surface area contributed by atoms with Gasteiger partial charge in [-0.2, -0.15) is 0 Å². The molecule has 0 radical (unpaired) electrons. The molecule has 5 heteroatoms. The molecule has 2 rings (SSSR count). The number of hydrogen-bond acceptors (Lipinski definition) is 5. The van der Waals surface area contributed by atoms with Crippen molar-refractivity contribution in [1.82, 2.24) is 4.98 Å². The molecule has 0 fully saturated rings. The molecule has 0 N–H and O–H groups in total. The highest BCUT2D eigenvalue weighted by Crippen LogP contribution is 2.24. The summed E-state index contributed by atoms with van der Waals surface area (Å²) in [6.07, 6.45) is 0.231. The van der Waals surface area contributed by atoms with Gasteiger partial charge in [-0.3, -0.25) is 4.79 Å². The van der Waals surface area contributed by atoms with Crippen LogP contribution in [-0.2, 0) is 16.0 Å². The molecule has 0 bridgehead atoms. The van der Waals surface area contributed by atoms with Crippen LogP contribution < -0.4 is 4.74 Å². The highest BCUT2D eigenvalue weighted by Gasteiger charge is 2.09. The summed E-state index contributed by atoms with van der Waals surface area (Å²) in [6, 6.07) is 7.67. The third-order valence-electron chi connectivity index (χ3n) is 2.54. The van der Waals surface area contributed by atoms with E-state index in [1.807, 2.05) is 29.6 Å². The van der Waals surface area contributed by atoms with Crippen LogP contribution in [0, 0.1) is 0 Å². The third-order valence-corrected chi connectivity index (χ3v) is 3.39. The molecule has 0 saturated heterocycles. The predicted molar refractivity (Wildman–Crippen MR) is 74.4 cm³/mol. The van der Waals surface area contributed by atoms with Crippen LogP contribution in [0.5, 0.6) is 5.75 Å². The van der Waals surface area contributed by atoms with Gasteiger partial charge in [0.05, 0.1) is 25.8 Å². The van der Waals surface area contributed by atoms with Gasteiger partial charge in [-0.25, -0.2) is 4.98 Å². The van der Waals surface area contributed by atoms with Crippen LogP contribution in [0.4, 0.5) is 0 Å². The second-order valence-corrected chi connectivity index (χ2v) is 4.78. The van der Waals surface area contributed by atoms with Crippen molar-refractivity contribution < 1.29 is 14.3 Å². The minimum atomic E-state index is -0.238. The van der Waals surface area contributed by atoms with Crippen molar-refractivity contribution in [2.24, 2.45) is 0 Å². The minimum Gasteiger partial charge on any atom is -0.497 e. The molecule has 0 aliphatic carbocycles. The zero-order valence-electron chi connectivity index (χ0n) is 10.9. The quantitative estimate of drug-likeness (QED) is 0.788. The molecule has 1 aromatic carbocycles. The summed E-state index contributed by atoms with van der Waals surface area (Å²) in [4.78, 5) is 15.8. The summed E-state index contributed by atoms with van der Waals surface area (Å²) >= 11 is 1.47. The van der Waals surface area contributed by atoms with E-state index in [0.717, 1.165) is 22.0 Å². The van der Waals surface area contributed by atoms with Gasteiger partial charge in [-0.15, -0.1) is 11.3 Å². The average molecular weight is 277 g/mol. The monoisotopic (exact) mass is 277 g/mol. The molecule has 0 aliphatic heterocycles. The van der Waals surface area contributed by atoms with Crippen molar-refractivity contribution in [3.05, 3.63) is 34.7 Å². The first-order chi connectivity index (χ1) is 9.22. The van der Waals surface area contributed by atoms with Crippen molar-refractivity contribution in [1.29, 1.82) is 0 Å². The molecule has 0 aliphatic rings. The first-order valence-electron chi connectivity index (χ1n) is 5.97. The second-order valence-electron chi connectivity index (χ2n) is 3.84. The number of ether oxygens (including phenoxy) is 2. The van der Waals surface area contributed by atoms with E-state index in [1.165, 1.54) is 11.3 Å². The number of nitrogens with zero attached hydrogens (tertiary/aromatic N) is 1. The van der Waals surface area contributed by atoms with Crippen molar-refractivity contribution >= 4 is 17.3 Å². The Bertz CT molecular complexity index is 548. The van der Waals surface area contributed by atoms with Crippen LogP contribution >= 0.6 is 11.3 Å².